The molecule has 2 N–H and O–H groups in total. The number of nitrogens with one attached hydrogen (secondary N) is 1. The third kappa shape index (κ3) is 3.29. The second-order valence-corrected chi connectivity index (χ2v) is 5.86. The Kier molecular flexibility index (Phi) is 3.74. The summed E-state index contributed by atoms with van der Waals surface area (Å²) in [5, 5.41) is 17.6. The lowest BCUT2D eigenvalue weighted by atomic mass is 10.1. The normalized spacial score (nSPS) is 11.8. The van der Waals surface area contributed by atoms with Gasteiger partial charge in [0.1, 0.15) is 5.54 Å². The number of sulfonamides is 1. The molecule has 0 aromatic heterocycles. The second-order valence-electron chi connectivity index (χ2n) is 4.18. The molecule has 0 saturated carbocycles. The first kappa shape index (κ1) is 14.2. The van der Waals surface area contributed by atoms with Crippen LogP contribution in [0.4, 0.5) is 0 Å². The van der Waals surface area contributed by atoms with E-state index in [0.717, 1.165) is 6.07 Å². The molecule has 18 heavy (non-hydrogen) atoms. The lowest BCUT2D eigenvalue weighted by Crippen LogP contribution is -2.41. The molecule has 1 aromatic carbocycles. The lowest BCUT2D eigenvalue weighted by Gasteiger charge is -2.17. The van der Waals surface area contributed by atoms with Gasteiger partial charge in [0, 0.05) is 0 Å². The standard InChI is InChI=1S/C11H12N2O4S/c1-11(2,7-12)13-18(16,17)9-5-3-4-8(6-9)10(14)15/h3-6,13H,1-2H3,(H,14,15). The van der Waals surface area contributed by atoms with Crippen molar-refractivity contribution in [3.05, 3.63) is 29.8 Å². The molecule has 0 fully saturated rings. The van der Waals surface area contributed by atoms with Gasteiger partial charge in [0.25, 0.3) is 0 Å². The minimum Gasteiger partial charge on any atom is -0.478 e. The molecule has 0 unspecified atom stereocenters. The minimum absolute atomic E-state index is 0.132. The lowest BCUT2D eigenvalue weighted by molar-refractivity contribution is 0.0696. The number of carboxylic acid groups (broad SMARTS) is 1. The van der Waals surface area contributed by atoms with E-state index >= 15 is 0 Å². The van der Waals surface area contributed by atoms with Crippen molar-refractivity contribution in [2.75, 3.05) is 0 Å². The van der Waals surface area contributed by atoms with Gasteiger partial charge in [-0.2, -0.15) is 9.98 Å². The highest BCUT2D eigenvalue weighted by atomic mass is 32.2. The highest BCUT2D eigenvalue weighted by Crippen LogP contribution is 2.14. The van der Waals surface area contributed by atoms with Crippen LogP contribution in [0.25, 0.3) is 0 Å². The Labute approximate surface area is 105 Å². The Morgan fingerprint density at radius 1 is 1.44 bits per heavy atom. The Morgan fingerprint density at radius 2 is 2.06 bits per heavy atom. The number of benzene rings is 1. The Hall–Kier alpha value is -1.91. The Balaban J connectivity index is 3.18. The summed E-state index contributed by atoms with van der Waals surface area (Å²) in [5.41, 5.74) is -1.40. The van der Waals surface area contributed by atoms with Gasteiger partial charge in [-0.05, 0) is 32.0 Å². The van der Waals surface area contributed by atoms with Crippen molar-refractivity contribution in [1.82, 2.24) is 4.72 Å². The molecule has 0 bridgehead atoms. The summed E-state index contributed by atoms with van der Waals surface area (Å²) in [5.74, 6) is -1.22. The quantitative estimate of drug-likeness (QED) is 0.845. The third-order valence-corrected chi connectivity index (χ3v) is 3.71. The number of hydrogen-bond donors (Lipinski definition) is 2. The average Bonchev–Trinajstić information content (AvgIpc) is 2.28. The van der Waals surface area contributed by atoms with Crippen LogP contribution in [0.2, 0.25) is 0 Å². The van der Waals surface area contributed by atoms with Crippen molar-refractivity contribution in [2.24, 2.45) is 0 Å². The summed E-state index contributed by atoms with van der Waals surface area (Å²) in [4.78, 5) is 10.6. The second kappa shape index (κ2) is 4.76. The molecule has 0 heterocycles. The summed E-state index contributed by atoms with van der Waals surface area (Å²) in [6.45, 7) is 2.82. The van der Waals surface area contributed by atoms with E-state index in [1.165, 1.54) is 32.0 Å². The number of nitrogens with zero attached hydrogens (tertiary/aromatic N) is 1. The largest absolute Gasteiger partial charge is 0.478 e. The molecule has 6 nitrogen and oxygen atoms in total. The number of carboxylic acids is 1. The van der Waals surface area contributed by atoms with Gasteiger partial charge < -0.3 is 5.11 Å². The van der Waals surface area contributed by atoms with Crippen LogP contribution in [0.1, 0.15) is 24.2 Å². The van der Waals surface area contributed by atoms with Crippen LogP contribution in [0.5, 0.6) is 0 Å². The number of hydrogen-bond acceptors (Lipinski definition) is 4. The van der Waals surface area contributed by atoms with Crippen LogP contribution >= 0.6 is 0 Å². The fraction of sp³-hybridized carbons (Fsp3) is 0.273. The third-order valence-electron chi connectivity index (χ3n) is 2.06. The van der Waals surface area contributed by atoms with E-state index in [4.69, 9.17) is 10.4 Å². The summed E-state index contributed by atoms with van der Waals surface area (Å²) in [6, 6.07) is 6.72. The van der Waals surface area contributed by atoms with E-state index in [1.807, 2.05) is 0 Å². The van der Waals surface area contributed by atoms with E-state index in [9.17, 15) is 13.2 Å². The smallest absolute Gasteiger partial charge is 0.335 e. The molecular weight excluding hydrogens is 256 g/mol. The SMILES string of the molecule is CC(C)(C#N)NS(=O)(=O)c1cccc(C(=O)O)c1. The minimum atomic E-state index is -3.92. The van der Waals surface area contributed by atoms with Crippen molar-refractivity contribution in [2.45, 2.75) is 24.3 Å². The van der Waals surface area contributed by atoms with Crippen molar-refractivity contribution in [3.8, 4) is 6.07 Å². The zero-order chi connectivity index (χ0) is 14.0. The molecule has 0 radical (unpaired) electrons. The summed E-state index contributed by atoms with van der Waals surface area (Å²) >= 11 is 0. The molecule has 0 amide bonds. The molecule has 0 atom stereocenters. The Bertz CT molecular complexity index is 614. The first-order chi connectivity index (χ1) is 8.18. The topological polar surface area (TPSA) is 107 Å². The van der Waals surface area contributed by atoms with Gasteiger partial charge in [0.2, 0.25) is 10.0 Å². The van der Waals surface area contributed by atoms with Gasteiger partial charge >= 0.3 is 5.97 Å². The van der Waals surface area contributed by atoms with Crippen molar-refractivity contribution in [1.29, 1.82) is 5.26 Å². The van der Waals surface area contributed by atoms with Crippen LogP contribution in [-0.4, -0.2) is 25.0 Å². The molecule has 1 aromatic rings. The molecule has 0 aliphatic carbocycles. The van der Waals surface area contributed by atoms with Gasteiger partial charge in [0.05, 0.1) is 16.5 Å². The average molecular weight is 268 g/mol. The van der Waals surface area contributed by atoms with Gasteiger partial charge in [-0.25, -0.2) is 13.2 Å². The van der Waals surface area contributed by atoms with Crippen LogP contribution in [0.3, 0.4) is 0 Å². The first-order valence-electron chi connectivity index (χ1n) is 4.96. The fourth-order valence-corrected chi connectivity index (χ4v) is 2.59. The predicted molar refractivity (Wildman–Crippen MR) is 63.4 cm³/mol. The van der Waals surface area contributed by atoms with Crippen LogP contribution in [0.15, 0.2) is 29.2 Å². The maximum atomic E-state index is 11.9. The number of aromatic carboxylic acids is 1. The highest BCUT2D eigenvalue weighted by Gasteiger charge is 2.26. The van der Waals surface area contributed by atoms with E-state index in [-0.39, 0.29) is 10.5 Å². The molecule has 0 aliphatic rings. The molecule has 96 valence electrons. The van der Waals surface area contributed by atoms with E-state index in [1.54, 1.807) is 6.07 Å². The van der Waals surface area contributed by atoms with Gasteiger partial charge in [-0.1, -0.05) is 6.07 Å². The number of nitriles is 1. The maximum Gasteiger partial charge on any atom is 0.335 e. The van der Waals surface area contributed by atoms with Crippen molar-refractivity contribution >= 4 is 16.0 Å². The van der Waals surface area contributed by atoms with E-state index in [0.29, 0.717) is 0 Å². The van der Waals surface area contributed by atoms with E-state index < -0.39 is 21.5 Å². The number of rotatable bonds is 4. The zero-order valence-electron chi connectivity index (χ0n) is 9.84. The predicted octanol–water partition coefficient (Wildman–Crippen LogP) is 0.965. The van der Waals surface area contributed by atoms with Crippen LogP contribution in [0, 0.1) is 11.3 Å². The monoisotopic (exact) mass is 268 g/mol. The summed E-state index contributed by atoms with van der Waals surface area (Å²) < 4.78 is 26.0. The molecule has 7 heteroatoms. The van der Waals surface area contributed by atoms with E-state index in [2.05, 4.69) is 4.72 Å². The van der Waals surface area contributed by atoms with Crippen LogP contribution < -0.4 is 4.72 Å². The maximum absolute atomic E-state index is 11.9. The zero-order valence-corrected chi connectivity index (χ0v) is 10.7. The molecule has 0 spiro atoms. The molecular formula is C11H12N2O4S. The van der Waals surface area contributed by atoms with Gasteiger partial charge in [0.15, 0.2) is 0 Å². The fourth-order valence-electron chi connectivity index (χ4n) is 1.21. The first-order valence-corrected chi connectivity index (χ1v) is 6.45. The summed E-state index contributed by atoms with van der Waals surface area (Å²) in [7, 11) is -3.92. The van der Waals surface area contributed by atoms with Gasteiger partial charge in [-0.3, -0.25) is 0 Å². The van der Waals surface area contributed by atoms with Crippen molar-refractivity contribution < 1.29 is 18.3 Å². The van der Waals surface area contributed by atoms with Crippen molar-refractivity contribution in [3.63, 3.8) is 0 Å². The molecule has 0 aliphatic heterocycles. The molecule has 1 rings (SSSR count). The number of carbonyl (C=O) groups is 1. The highest BCUT2D eigenvalue weighted by molar-refractivity contribution is 7.89. The Morgan fingerprint density at radius 3 is 2.56 bits per heavy atom. The van der Waals surface area contributed by atoms with Crippen LogP contribution in [-0.2, 0) is 10.0 Å². The van der Waals surface area contributed by atoms with Gasteiger partial charge in [-0.15, -0.1) is 0 Å². The molecule has 0 saturated heterocycles. The summed E-state index contributed by atoms with van der Waals surface area (Å²) in [6.07, 6.45) is 0.